The van der Waals surface area contributed by atoms with Crippen molar-refractivity contribution in [1.82, 2.24) is 4.90 Å². The number of hydrogen-bond donors (Lipinski definition) is 2. The van der Waals surface area contributed by atoms with Crippen molar-refractivity contribution in [2.24, 2.45) is 0 Å². The average Bonchev–Trinajstić information content (AvgIpc) is 2.63. The molecule has 0 fully saturated rings. The molecule has 1 aliphatic heterocycles. The van der Waals surface area contributed by atoms with Crippen molar-refractivity contribution < 1.29 is 10.2 Å². The number of benzene rings is 1. The minimum Gasteiger partial charge on any atom is -0.504 e. The minimum absolute atomic E-state index is 0. The van der Waals surface area contributed by atoms with Gasteiger partial charge >= 0.3 is 0 Å². The van der Waals surface area contributed by atoms with E-state index in [1.165, 1.54) is 88.2 Å². The van der Waals surface area contributed by atoms with Gasteiger partial charge in [0.1, 0.15) is 0 Å². The van der Waals surface area contributed by atoms with Gasteiger partial charge in [-0.1, -0.05) is 77.6 Å². The van der Waals surface area contributed by atoms with Crippen LogP contribution in [0.15, 0.2) is 12.1 Å². The molecule has 0 spiro atoms. The van der Waals surface area contributed by atoms with Crippen LogP contribution in [0.2, 0.25) is 0 Å². The average molecular weight is 442 g/mol. The molecule has 1 aromatic carbocycles. The Morgan fingerprint density at radius 3 is 1.78 bits per heavy atom. The highest BCUT2D eigenvalue weighted by Crippen LogP contribution is 2.31. The number of hydrogen-bond acceptors (Lipinski definition) is 3. The summed E-state index contributed by atoms with van der Waals surface area (Å²) >= 11 is 0. The molecule has 1 aliphatic rings. The highest BCUT2D eigenvalue weighted by atomic mass is 79.9. The van der Waals surface area contributed by atoms with E-state index in [2.05, 4.69) is 11.8 Å². The predicted octanol–water partition coefficient (Wildman–Crippen LogP) is 6.73. The zero-order valence-corrected chi connectivity index (χ0v) is 18.9. The van der Waals surface area contributed by atoms with Gasteiger partial charge in [0, 0.05) is 13.1 Å². The van der Waals surface area contributed by atoms with Crippen LogP contribution in [0.4, 0.5) is 0 Å². The lowest BCUT2D eigenvalue weighted by Crippen LogP contribution is -2.31. The van der Waals surface area contributed by atoms with Crippen molar-refractivity contribution in [3.63, 3.8) is 0 Å². The fraction of sp³-hybridized carbons (Fsp3) is 0.739. The van der Waals surface area contributed by atoms with Gasteiger partial charge < -0.3 is 10.2 Å². The van der Waals surface area contributed by atoms with Crippen LogP contribution in [0.3, 0.4) is 0 Å². The summed E-state index contributed by atoms with van der Waals surface area (Å²) in [6, 6.07) is 3.46. The number of rotatable bonds is 13. The number of fused-ring (bicyclic) bond motifs is 1. The van der Waals surface area contributed by atoms with Gasteiger partial charge in [-0.2, -0.15) is 0 Å². The summed E-state index contributed by atoms with van der Waals surface area (Å²) in [4.78, 5) is 2.48. The summed E-state index contributed by atoms with van der Waals surface area (Å²) in [5, 5.41) is 19.3. The molecular weight excluding hydrogens is 402 g/mol. The van der Waals surface area contributed by atoms with Crippen LogP contribution >= 0.6 is 17.0 Å². The lowest BCUT2D eigenvalue weighted by atomic mass is 9.98. The van der Waals surface area contributed by atoms with Gasteiger partial charge in [-0.3, -0.25) is 4.90 Å². The lowest BCUT2D eigenvalue weighted by Gasteiger charge is -2.29. The monoisotopic (exact) mass is 441 g/mol. The van der Waals surface area contributed by atoms with Crippen LogP contribution in [0.25, 0.3) is 0 Å². The number of aromatic hydroxyl groups is 2. The smallest absolute Gasteiger partial charge is 0.157 e. The van der Waals surface area contributed by atoms with Gasteiger partial charge in [-0.05, 0) is 42.6 Å². The standard InChI is InChI=1S/C23H39NO2.BrH/c1-2-3-4-5-6-7-8-9-10-11-12-13-15-24-16-14-20-17-22(25)23(26)18-21(20)19-24;/h17-18,25-26H,2-16,19H2,1H3;1H. The van der Waals surface area contributed by atoms with Crippen LogP contribution in [0, 0.1) is 0 Å². The Bertz CT molecular complexity index is 521. The number of phenols is 2. The van der Waals surface area contributed by atoms with Crippen LogP contribution in [-0.2, 0) is 13.0 Å². The zero-order chi connectivity index (χ0) is 18.6. The summed E-state index contributed by atoms with van der Waals surface area (Å²) < 4.78 is 0. The summed E-state index contributed by atoms with van der Waals surface area (Å²) in [7, 11) is 0. The Morgan fingerprint density at radius 2 is 1.22 bits per heavy atom. The minimum atomic E-state index is 0. The van der Waals surface area contributed by atoms with Crippen molar-refractivity contribution in [3.8, 4) is 11.5 Å². The largest absolute Gasteiger partial charge is 0.504 e. The van der Waals surface area contributed by atoms with Crippen molar-refractivity contribution in [2.75, 3.05) is 13.1 Å². The molecule has 0 amide bonds. The van der Waals surface area contributed by atoms with Crippen molar-refractivity contribution in [3.05, 3.63) is 23.3 Å². The summed E-state index contributed by atoms with van der Waals surface area (Å²) in [6.07, 6.45) is 17.7. The van der Waals surface area contributed by atoms with Crippen molar-refractivity contribution >= 4 is 17.0 Å². The van der Waals surface area contributed by atoms with Gasteiger partial charge in [0.2, 0.25) is 0 Å². The molecule has 0 saturated heterocycles. The van der Waals surface area contributed by atoms with E-state index in [4.69, 9.17) is 0 Å². The van der Waals surface area contributed by atoms with E-state index >= 15 is 0 Å². The second kappa shape index (κ2) is 14.3. The Morgan fingerprint density at radius 1 is 0.741 bits per heavy atom. The molecule has 3 nitrogen and oxygen atoms in total. The Hall–Kier alpha value is -0.740. The lowest BCUT2D eigenvalue weighted by molar-refractivity contribution is 0.247. The molecule has 2 rings (SSSR count). The molecule has 0 atom stereocenters. The highest BCUT2D eigenvalue weighted by Gasteiger charge is 2.17. The number of phenolic OH excluding ortho intramolecular Hbond substituents is 2. The molecule has 0 aromatic heterocycles. The fourth-order valence-corrected chi connectivity index (χ4v) is 4.01. The van der Waals surface area contributed by atoms with E-state index < -0.39 is 0 Å². The summed E-state index contributed by atoms with van der Waals surface area (Å²) in [5.74, 6) is 0.0223. The summed E-state index contributed by atoms with van der Waals surface area (Å²) in [6.45, 7) is 5.40. The maximum absolute atomic E-state index is 9.68. The summed E-state index contributed by atoms with van der Waals surface area (Å²) in [5.41, 5.74) is 2.36. The second-order valence-electron chi connectivity index (χ2n) is 8.02. The van der Waals surface area contributed by atoms with E-state index in [9.17, 15) is 10.2 Å². The van der Waals surface area contributed by atoms with Gasteiger partial charge in [-0.15, -0.1) is 17.0 Å². The third kappa shape index (κ3) is 9.34. The van der Waals surface area contributed by atoms with Crippen LogP contribution in [0.1, 0.15) is 95.1 Å². The van der Waals surface area contributed by atoms with E-state index in [0.717, 1.165) is 26.1 Å². The Balaban J connectivity index is 0.00000364. The van der Waals surface area contributed by atoms with E-state index in [1.807, 2.05) is 0 Å². The van der Waals surface area contributed by atoms with E-state index in [-0.39, 0.29) is 28.5 Å². The molecular formula is C23H40BrNO2. The first-order valence-electron chi connectivity index (χ1n) is 11.0. The first-order valence-corrected chi connectivity index (χ1v) is 11.0. The Kier molecular flexibility index (Phi) is 12.9. The van der Waals surface area contributed by atoms with Crippen LogP contribution in [0.5, 0.6) is 11.5 Å². The third-order valence-corrected chi connectivity index (χ3v) is 5.72. The van der Waals surface area contributed by atoms with E-state index in [0.29, 0.717) is 0 Å². The SMILES string of the molecule is Br.CCCCCCCCCCCCCCN1CCc2cc(O)c(O)cc2C1. The van der Waals surface area contributed by atoms with Gasteiger partial charge in [0.15, 0.2) is 11.5 Å². The molecule has 0 unspecified atom stereocenters. The quantitative estimate of drug-likeness (QED) is 0.263. The molecule has 1 aromatic rings. The topological polar surface area (TPSA) is 43.7 Å². The number of nitrogens with zero attached hydrogens (tertiary/aromatic N) is 1. The first kappa shape index (κ1) is 24.3. The van der Waals surface area contributed by atoms with Gasteiger partial charge in [0.05, 0.1) is 0 Å². The molecule has 27 heavy (non-hydrogen) atoms. The van der Waals surface area contributed by atoms with E-state index in [1.54, 1.807) is 12.1 Å². The molecule has 0 saturated carbocycles. The zero-order valence-electron chi connectivity index (χ0n) is 17.2. The molecule has 0 bridgehead atoms. The predicted molar refractivity (Wildman–Crippen MR) is 120 cm³/mol. The number of unbranched alkanes of at least 4 members (excludes halogenated alkanes) is 11. The fourth-order valence-electron chi connectivity index (χ4n) is 4.01. The maximum Gasteiger partial charge on any atom is 0.157 e. The highest BCUT2D eigenvalue weighted by molar-refractivity contribution is 8.93. The van der Waals surface area contributed by atoms with Crippen LogP contribution in [-0.4, -0.2) is 28.2 Å². The third-order valence-electron chi connectivity index (χ3n) is 5.72. The normalized spacial score (nSPS) is 14.0. The molecule has 0 radical (unpaired) electrons. The maximum atomic E-state index is 9.68. The molecule has 156 valence electrons. The van der Waals surface area contributed by atoms with Gasteiger partial charge in [0.25, 0.3) is 0 Å². The van der Waals surface area contributed by atoms with Crippen LogP contribution < -0.4 is 0 Å². The van der Waals surface area contributed by atoms with Crippen molar-refractivity contribution in [1.29, 1.82) is 0 Å². The number of halogens is 1. The first-order chi connectivity index (χ1) is 12.7. The molecule has 0 aliphatic carbocycles. The Labute approximate surface area is 176 Å². The van der Waals surface area contributed by atoms with Gasteiger partial charge in [-0.25, -0.2) is 0 Å². The molecule has 4 heteroatoms. The molecule has 2 N–H and O–H groups in total. The van der Waals surface area contributed by atoms with Crippen molar-refractivity contribution in [2.45, 2.75) is 96.9 Å². The second-order valence-corrected chi connectivity index (χ2v) is 8.02. The molecule has 1 heterocycles.